The third kappa shape index (κ3) is 3.52. The topological polar surface area (TPSA) is 0 Å². The minimum absolute atomic E-state index is 0.644. The number of unbranched alkanes of at least 4 members (excludes halogenated alkanes) is 1. The summed E-state index contributed by atoms with van der Waals surface area (Å²) in [6.45, 7) is 6.85. The van der Waals surface area contributed by atoms with Gasteiger partial charge in [-0.25, -0.2) is 0 Å². The molecule has 0 aliphatic heterocycles. The fourth-order valence-electron chi connectivity index (χ4n) is 3.54. The summed E-state index contributed by atoms with van der Waals surface area (Å²) in [5.74, 6) is 0.644. The van der Waals surface area contributed by atoms with E-state index in [0.29, 0.717) is 9.54 Å². The van der Waals surface area contributed by atoms with Crippen LogP contribution < -0.4 is 0 Å². The molecule has 0 N–H and O–H groups in total. The van der Waals surface area contributed by atoms with Crippen molar-refractivity contribution < 1.29 is 24.7 Å². The van der Waals surface area contributed by atoms with Gasteiger partial charge in [0.1, 0.15) is 0 Å². The van der Waals surface area contributed by atoms with Crippen molar-refractivity contribution in [3.63, 3.8) is 0 Å². The summed E-state index contributed by atoms with van der Waals surface area (Å²) in [4.78, 5) is 0. The molecule has 0 fully saturated rings. The fraction of sp³-hybridized carbons (Fsp3) is 0.391. The SMILES string of the molecule is CCCCC1=Cc2c(-c3ccc(C(C)CC)cc3)cccc2[CH]1[Zr]. The van der Waals surface area contributed by atoms with Gasteiger partial charge in [-0.1, -0.05) is 0 Å². The van der Waals surface area contributed by atoms with Gasteiger partial charge in [-0.3, -0.25) is 0 Å². The first kappa shape index (κ1) is 17.9. The number of rotatable bonds is 6. The number of allylic oxidation sites excluding steroid dienone is 1. The molecule has 0 amide bonds. The molecule has 0 radical (unpaired) electrons. The van der Waals surface area contributed by atoms with Gasteiger partial charge >= 0.3 is 163 Å². The van der Waals surface area contributed by atoms with Crippen LogP contribution in [0.3, 0.4) is 0 Å². The predicted molar refractivity (Wildman–Crippen MR) is 101 cm³/mol. The van der Waals surface area contributed by atoms with E-state index in [4.69, 9.17) is 0 Å². The van der Waals surface area contributed by atoms with Crippen molar-refractivity contribution >= 4 is 6.08 Å². The van der Waals surface area contributed by atoms with Crippen LogP contribution in [0.2, 0.25) is 0 Å². The van der Waals surface area contributed by atoms with Gasteiger partial charge in [0, 0.05) is 0 Å². The van der Waals surface area contributed by atoms with Crippen LogP contribution in [0.15, 0.2) is 48.0 Å². The molecule has 0 heterocycles. The van der Waals surface area contributed by atoms with Crippen molar-refractivity contribution in [3.05, 3.63) is 64.7 Å². The summed E-state index contributed by atoms with van der Waals surface area (Å²) in [6, 6.07) is 16.1. The average Bonchev–Trinajstić information content (AvgIpc) is 2.95. The van der Waals surface area contributed by atoms with Gasteiger partial charge in [0.25, 0.3) is 0 Å². The minimum atomic E-state index is 0.644. The number of benzene rings is 2. The molecule has 0 nitrogen and oxygen atoms in total. The first-order chi connectivity index (χ1) is 11.7. The van der Waals surface area contributed by atoms with Crippen LogP contribution in [-0.4, -0.2) is 0 Å². The van der Waals surface area contributed by atoms with Crippen LogP contribution >= 0.6 is 0 Å². The Balaban J connectivity index is 1.95. The molecule has 1 aliphatic rings. The van der Waals surface area contributed by atoms with Crippen LogP contribution in [0.4, 0.5) is 0 Å². The van der Waals surface area contributed by atoms with E-state index in [2.05, 4.69) is 69.3 Å². The Labute approximate surface area is 162 Å². The van der Waals surface area contributed by atoms with Gasteiger partial charge in [-0.15, -0.1) is 0 Å². The van der Waals surface area contributed by atoms with E-state index in [1.165, 1.54) is 47.9 Å². The predicted octanol–water partition coefficient (Wildman–Crippen LogP) is 7.04. The van der Waals surface area contributed by atoms with E-state index in [1.54, 1.807) is 35.9 Å². The average molecular weight is 395 g/mol. The molecule has 0 saturated carbocycles. The monoisotopic (exact) mass is 393 g/mol. The number of hydrogen-bond acceptors (Lipinski definition) is 0. The molecule has 1 heteroatoms. The van der Waals surface area contributed by atoms with E-state index in [-0.39, 0.29) is 0 Å². The quantitative estimate of drug-likeness (QED) is 0.493. The van der Waals surface area contributed by atoms with Crippen LogP contribution in [0.25, 0.3) is 17.2 Å². The van der Waals surface area contributed by atoms with Crippen molar-refractivity contribution in [2.24, 2.45) is 0 Å². The van der Waals surface area contributed by atoms with Crippen molar-refractivity contribution in [3.8, 4) is 11.1 Å². The maximum atomic E-state index is 2.49. The third-order valence-electron chi connectivity index (χ3n) is 5.37. The van der Waals surface area contributed by atoms with Gasteiger partial charge in [0.05, 0.1) is 0 Å². The first-order valence-electron chi connectivity index (χ1n) is 9.30. The van der Waals surface area contributed by atoms with E-state index in [9.17, 15) is 0 Å². The maximum absolute atomic E-state index is 2.49. The summed E-state index contributed by atoms with van der Waals surface area (Å²) in [6.07, 6.45) is 7.53. The van der Waals surface area contributed by atoms with Crippen LogP contribution in [0.1, 0.15) is 72.7 Å². The van der Waals surface area contributed by atoms with Gasteiger partial charge in [-0.05, 0) is 0 Å². The first-order valence-corrected chi connectivity index (χ1v) is 10.7. The van der Waals surface area contributed by atoms with Crippen molar-refractivity contribution in [2.75, 3.05) is 0 Å². The van der Waals surface area contributed by atoms with Gasteiger partial charge < -0.3 is 0 Å². The molecule has 0 bridgehead atoms. The Morgan fingerprint density at radius 2 is 1.79 bits per heavy atom. The molecule has 123 valence electrons. The zero-order chi connectivity index (χ0) is 17.1. The van der Waals surface area contributed by atoms with E-state index >= 15 is 0 Å². The zero-order valence-electron chi connectivity index (χ0n) is 15.1. The molecule has 2 atom stereocenters. The normalized spacial score (nSPS) is 17.4. The molecule has 0 spiro atoms. The number of fused-ring (bicyclic) bond motifs is 1. The molecule has 3 rings (SSSR count). The van der Waals surface area contributed by atoms with Gasteiger partial charge in [-0.2, -0.15) is 0 Å². The van der Waals surface area contributed by atoms with Crippen molar-refractivity contribution in [1.29, 1.82) is 0 Å². The van der Waals surface area contributed by atoms with Gasteiger partial charge in [0.15, 0.2) is 0 Å². The molecular formula is C23H27Zr. The number of hydrogen-bond donors (Lipinski definition) is 0. The molecular weight excluding hydrogens is 367 g/mol. The molecule has 1 aliphatic carbocycles. The third-order valence-corrected chi connectivity index (χ3v) is 7.05. The molecule has 0 aromatic heterocycles. The standard InChI is InChI=1S/C23H27.Zr/c1-4-6-8-18-15-21-9-7-10-22(23(21)16-18)20-13-11-19(12-14-20)17(3)5-2;/h7,9-17H,4-6,8H2,1-3H3;. The fourth-order valence-corrected chi connectivity index (χ4v) is 4.72. The van der Waals surface area contributed by atoms with Crippen LogP contribution in [0, 0.1) is 0 Å². The Bertz CT molecular complexity index is 724. The second-order valence-corrected chi connectivity index (χ2v) is 8.41. The second kappa shape index (κ2) is 7.96. The summed E-state index contributed by atoms with van der Waals surface area (Å²) in [5.41, 5.74) is 8.88. The molecule has 2 aromatic rings. The molecule has 2 unspecified atom stereocenters. The molecule has 24 heavy (non-hydrogen) atoms. The summed E-state index contributed by atoms with van der Waals surface area (Å²) in [7, 11) is 0. The molecule has 2 aromatic carbocycles. The Morgan fingerprint density at radius 1 is 1.04 bits per heavy atom. The zero-order valence-corrected chi connectivity index (χ0v) is 17.6. The van der Waals surface area contributed by atoms with E-state index in [0.717, 1.165) is 0 Å². The van der Waals surface area contributed by atoms with Gasteiger partial charge in [0.2, 0.25) is 0 Å². The van der Waals surface area contributed by atoms with Crippen LogP contribution in [-0.2, 0) is 24.7 Å². The Hall–Kier alpha value is -0.937. The summed E-state index contributed by atoms with van der Waals surface area (Å²) in [5, 5.41) is 0. The van der Waals surface area contributed by atoms with Crippen molar-refractivity contribution in [1.82, 2.24) is 0 Å². The van der Waals surface area contributed by atoms with E-state index in [1.807, 2.05) is 0 Å². The van der Waals surface area contributed by atoms with Crippen molar-refractivity contribution in [2.45, 2.75) is 56.0 Å². The Kier molecular flexibility index (Phi) is 5.93. The Morgan fingerprint density at radius 3 is 2.46 bits per heavy atom. The second-order valence-electron chi connectivity index (χ2n) is 7.00. The summed E-state index contributed by atoms with van der Waals surface area (Å²) >= 11 is 1.62. The van der Waals surface area contributed by atoms with E-state index < -0.39 is 0 Å². The molecule has 0 saturated heterocycles. The summed E-state index contributed by atoms with van der Waals surface area (Å²) < 4.78 is 0.665. The van der Waals surface area contributed by atoms with Crippen LogP contribution in [0.5, 0.6) is 0 Å².